The first-order chi connectivity index (χ1) is 8.72. The highest BCUT2D eigenvalue weighted by Crippen LogP contribution is 2.20. The summed E-state index contributed by atoms with van der Waals surface area (Å²) in [6.45, 7) is 3.19. The summed E-state index contributed by atoms with van der Waals surface area (Å²) >= 11 is 0. The van der Waals surface area contributed by atoms with E-state index in [9.17, 15) is 4.39 Å². The molecule has 2 rings (SSSR count). The fraction of sp³-hybridized carbons (Fsp3) is 0.214. The third kappa shape index (κ3) is 2.59. The number of pyridine rings is 1. The molecule has 0 saturated carbocycles. The van der Waals surface area contributed by atoms with Gasteiger partial charge in [-0.2, -0.15) is 0 Å². The lowest BCUT2D eigenvalue weighted by molar-refractivity contribution is 0.609. The summed E-state index contributed by atoms with van der Waals surface area (Å²) in [7, 11) is 0. The standard InChI is InChI=1S/C14H16FN3/c1-2-18(14-12(15)7-5-9-17-14)10-11-6-3-4-8-13(11)16/h3-9H,2,10,16H2,1H3. The smallest absolute Gasteiger partial charge is 0.165 e. The summed E-state index contributed by atoms with van der Waals surface area (Å²) in [6.07, 6.45) is 1.59. The first-order valence-electron chi connectivity index (χ1n) is 5.91. The van der Waals surface area contributed by atoms with Crippen molar-refractivity contribution in [1.82, 2.24) is 4.98 Å². The lowest BCUT2D eigenvalue weighted by Gasteiger charge is -2.23. The van der Waals surface area contributed by atoms with Crippen LogP contribution in [0, 0.1) is 5.82 Å². The molecular weight excluding hydrogens is 229 g/mol. The number of hydrogen-bond acceptors (Lipinski definition) is 3. The molecule has 4 heteroatoms. The van der Waals surface area contributed by atoms with Gasteiger partial charge in [-0.1, -0.05) is 18.2 Å². The molecule has 0 aliphatic heterocycles. The number of nitrogen functional groups attached to an aromatic ring is 1. The Hall–Kier alpha value is -2.10. The number of anilines is 2. The lowest BCUT2D eigenvalue weighted by atomic mass is 10.1. The second-order valence-corrected chi connectivity index (χ2v) is 4.02. The molecule has 0 unspecified atom stereocenters. The van der Waals surface area contributed by atoms with E-state index in [-0.39, 0.29) is 5.82 Å². The van der Waals surface area contributed by atoms with Crippen LogP contribution in [0.15, 0.2) is 42.6 Å². The Morgan fingerprint density at radius 3 is 2.67 bits per heavy atom. The largest absolute Gasteiger partial charge is 0.398 e. The van der Waals surface area contributed by atoms with Gasteiger partial charge in [-0.3, -0.25) is 0 Å². The van der Waals surface area contributed by atoms with Gasteiger partial charge in [-0.25, -0.2) is 9.37 Å². The van der Waals surface area contributed by atoms with Crippen molar-refractivity contribution >= 4 is 11.5 Å². The highest BCUT2D eigenvalue weighted by atomic mass is 19.1. The second kappa shape index (κ2) is 5.49. The summed E-state index contributed by atoms with van der Waals surface area (Å²) in [5.74, 6) is 0.0529. The molecule has 2 N–H and O–H groups in total. The first kappa shape index (κ1) is 12.4. The Labute approximate surface area is 106 Å². The maximum Gasteiger partial charge on any atom is 0.165 e. The third-order valence-electron chi connectivity index (χ3n) is 2.84. The van der Waals surface area contributed by atoms with Crippen LogP contribution >= 0.6 is 0 Å². The summed E-state index contributed by atoms with van der Waals surface area (Å²) in [5.41, 5.74) is 7.59. The van der Waals surface area contributed by atoms with Crippen molar-refractivity contribution in [3.63, 3.8) is 0 Å². The van der Waals surface area contributed by atoms with Gasteiger partial charge in [-0.05, 0) is 30.7 Å². The predicted molar refractivity (Wildman–Crippen MR) is 71.8 cm³/mol. The molecule has 18 heavy (non-hydrogen) atoms. The van der Waals surface area contributed by atoms with E-state index in [0.717, 1.165) is 5.56 Å². The van der Waals surface area contributed by atoms with E-state index in [1.54, 1.807) is 12.3 Å². The van der Waals surface area contributed by atoms with E-state index >= 15 is 0 Å². The molecule has 94 valence electrons. The summed E-state index contributed by atoms with van der Waals surface area (Å²) in [6, 6.07) is 10.6. The van der Waals surface area contributed by atoms with Crippen molar-refractivity contribution in [2.24, 2.45) is 0 Å². The minimum Gasteiger partial charge on any atom is -0.398 e. The Bertz CT molecular complexity index is 528. The molecule has 1 heterocycles. The van der Waals surface area contributed by atoms with E-state index < -0.39 is 0 Å². The highest BCUT2D eigenvalue weighted by Gasteiger charge is 2.12. The van der Waals surface area contributed by atoms with Crippen LogP contribution in [0.2, 0.25) is 0 Å². The molecule has 0 bridgehead atoms. The minimum atomic E-state index is -0.311. The van der Waals surface area contributed by atoms with Gasteiger partial charge in [0.1, 0.15) is 0 Å². The highest BCUT2D eigenvalue weighted by molar-refractivity contribution is 5.49. The van der Waals surface area contributed by atoms with E-state index in [4.69, 9.17) is 5.73 Å². The molecule has 0 radical (unpaired) electrons. The summed E-state index contributed by atoms with van der Waals surface area (Å²) < 4.78 is 13.7. The Morgan fingerprint density at radius 2 is 2.00 bits per heavy atom. The van der Waals surface area contributed by atoms with Gasteiger partial charge in [0.25, 0.3) is 0 Å². The van der Waals surface area contributed by atoms with Gasteiger partial charge in [0.2, 0.25) is 0 Å². The molecule has 0 fully saturated rings. The second-order valence-electron chi connectivity index (χ2n) is 4.02. The van der Waals surface area contributed by atoms with Crippen LogP contribution in [0.1, 0.15) is 12.5 Å². The number of hydrogen-bond donors (Lipinski definition) is 1. The van der Waals surface area contributed by atoms with E-state index in [0.29, 0.717) is 24.6 Å². The molecule has 0 saturated heterocycles. The average molecular weight is 245 g/mol. The van der Waals surface area contributed by atoms with Crippen molar-refractivity contribution in [2.75, 3.05) is 17.2 Å². The van der Waals surface area contributed by atoms with Gasteiger partial charge in [0.05, 0.1) is 0 Å². The Morgan fingerprint density at radius 1 is 1.22 bits per heavy atom. The lowest BCUT2D eigenvalue weighted by Crippen LogP contribution is -2.24. The van der Waals surface area contributed by atoms with Gasteiger partial charge < -0.3 is 10.6 Å². The van der Waals surface area contributed by atoms with Crippen molar-refractivity contribution in [1.29, 1.82) is 0 Å². The van der Waals surface area contributed by atoms with Crippen LogP contribution in [-0.4, -0.2) is 11.5 Å². The monoisotopic (exact) mass is 245 g/mol. The fourth-order valence-corrected chi connectivity index (χ4v) is 1.83. The van der Waals surface area contributed by atoms with Gasteiger partial charge in [0, 0.05) is 25.0 Å². The number of nitrogens with two attached hydrogens (primary N) is 1. The quantitative estimate of drug-likeness (QED) is 0.842. The van der Waals surface area contributed by atoms with Crippen LogP contribution < -0.4 is 10.6 Å². The van der Waals surface area contributed by atoms with Crippen LogP contribution in [0.25, 0.3) is 0 Å². The Balaban J connectivity index is 2.26. The van der Waals surface area contributed by atoms with E-state index in [1.807, 2.05) is 36.1 Å². The van der Waals surface area contributed by atoms with Crippen molar-refractivity contribution in [3.05, 3.63) is 54.0 Å². The SMILES string of the molecule is CCN(Cc1ccccc1N)c1ncccc1F. The average Bonchev–Trinajstić information content (AvgIpc) is 2.39. The zero-order chi connectivity index (χ0) is 13.0. The first-order valence-corrected chi connectivity index (χ1v) is 5.91. The van der Waals surface area contributed by atoms with E-state index in [2.05, 4.69) is 4.98 Å². The molecule has 0 atom stereocenters. The number of nitrogens with zero attached hydrogens (tertiary/aromatic N) is 2. The number of para-hydroxylation sites is 1. The van der Waals surface area contributed by atoms with Gasteiger partial charge in [-0.15, -0.1) is 0 Å². The molecule has 0 amide bonds. The number of aromatic nitrogens is 1. The van der Waals surface area contributed by atoms with Crippen LogP contribution in [0.5, 0.6) is 0 Å². The molecule has 0 aliphatic carbocycles. The maximum absolute atomic E-state index is 13.7. The molecule has 3 nitrogen and oxygen atoms in total. The van der Waals surface area contributed by atoms with Crippen LogP contribution in [-0.2, 0) is 6.54 Å². The maximum atomic E-state index is 13.7. The summed E-state index contributed by atoms with van der Waals surface area (Å²) in [4.78, 5) is 5.95. The minimum absolute atomic E-state index is 0.311. The van der Waals surface area contributed by atoms with Gasteiger partial charge in [0.15, 0.2) is 11.6 Å². The number of halogens is 1. The molecule has 1 aromatic carbocycles. The number of rotatable bonds is 4. The zero-order valence-electron chi connectivity index (χ0n) is 10.3. The predicted octanol–water partition coefficient (Wildman–Crippen LogP) is 2.83. The van der Waals surface area contributed by atoms with Crippen LogP contribution in [0.3, 0.4) is 0 Å². The molecular formula is C14H16FN3. The number of benzene rings is 1. The summed E-state index contributed by atoms with van der Waals surface area (Å²) in [5, 5.41) is 0. The van der Waals surface area contributed by atoms with Gasteiger partial charge >= 0.3 is 0 Å². The van der Waals surface area contributed by atoms with Crippen molar-refractivity contribution < 1.29 is 4.39 Å². The van der Waals surface area contributed by atoms with E-state index in [1.165, 1.54) is 6.07 Å². The molecule has 2 aromatic rings. The molecule has 0 spiro atoms. The molecule has 1 aromatic heterocycles. The zero-order valence-corrected chi connectivity index (χ0v) is 10.3. The normalized spacial score (nSPS) is 10.3. The third-order valence-corrected chi connectivity index (χ3v) is 2.84. The van der Waals surface area contributed by atoms with Crippen molar-refractivity contribution in [2.45, 2.75) is 13.5 Å². The van der Waals surface area contributed by atoms with Crippen LogP contribution in [0.4, 0.5) is 15.9 Å². The topological polar surface area (TPSA) is 42.1 Å². The van der Waals surface area contributed by atoms with Crippen molar-refractivity contribution in [3.8, 4) is 0 Å². The molecule has 0 aliphatic rings. The Kier molecular flexibility index (Phi) is 3.77. The fourth-order valence-electron chi connectivity index (χ4n) is 1.83.